The standard InChI is InChI=1S/C22H18ClF3N2O/c1-14-7-8-16(13-18(14)22(24,25)26)21(29)28-11-10-27-9-3-6-19(27)20(28)15-4-2-5-17(23)12-15/h2-9,12-13,20H,10-11H2,1H3. The molecule has 7 heteroatoms. The van der Waals surface area contributed by atoms with Crippen molar-refractivity contribution in [3.8, 4) is 0 Å². The van der Waals surface area contributed by atoms with E-state index in [1.807, 2.05) is 29.0 Å². The Kier molecular flexibility index (Phi) is 4.90. The van der Waals surface area contributed by atoms with E-state index in [1.54, 1.807) is 23.1 Å². The highest BCUT2D eigenvalue weighted by molar-refractivity contribution is 6.30. The number of carbonyl (C=O) groups is 1. The van der Waals surface area contributed by atoms with E-state index >= 15 is 0 Å². The Balaban J connectivity index is 1.78. The molecule has 0 N–H and O–H groups in total. The lowest BCUT2D eigenvalue weighted by molar-refractivity contribution is -0.138. The smallest absolute Gasteiger partial charge is 0.348 e. The van der Waals surface area contributed by atoms with Crippen LogP contribution in [-0.4, -0.2) is 21.9 Å². The first-order valence-corrected chi connectivity index (χ1v) is 9.53. The van der Waals surface area contributed by atoms with Gasteiger partial charge in [0.05, 0.1) is 11.6 Å². The third kappa shape index (κ3) is 3.65. The molecule has 0 saturated carbocycles. The van der Waals surface area contributed by atoms with E-state index in [9.17, 15) is 18.0 Å². The van der Waals surface area contributed by atoms with Crippen molar-refractivity contribution < 1.29 is 18.0 Å². The summed E-state index contributed by atoms with van der Waals surface area (Å²) in [6, 6.07) is 14.3. The highest BCUT2D eigenvalue weighted by Crippen LogP contribution is 2.36. The van der Waals surface area contributed by atoms with Gasteiger partial charge in [0, 0.05) is 35.6 Å². The van der Waals surface area contributed by atoms with Gasteiger partial charge >= 0.3 is 6.18 Å². The Labute approximate surface area is 171 Å². The molecule has 2 heterocycles. The second-order valence-corrected chi connectivity index (χ2v) is 7.55. The van der Waals surface area contributed by atoms with Crippen molar-refractivity contribution >= 4 is 17.5 Å². The summed E-state index contributed by atoms with van der Waals surface area (Å²) in [4.78, 5) is 14.9. The number of alkyl halides is 3. The molecule has 1 aliphatic rings. The number of nitrogens with zero attached hydrogens (tertiary/aromatic N) is 2. The summed E-state index contributed by atoms with van der Waals surface area (Å²) < 4.78 is 42.0. The number of carbonyl (C=O) groups excluding carboxylic acids is 1. The topological polar surface area (TPSA) is 25.2 Å². The van der Waals surface area contributed by atoms with Crippen molar-refractivity contribution in [1.82, 2.24) is 9.47 Å². The summed E-state index contributed by atoms with van der Waals surface area (Å²) in [6.07, 6.45) is -2.58. The molecule has 1 atom stereocenters. The molecule has 3 aromatic rings. The predicted molar refractivity (Wildman–Crippen MR) is 105 cm³/mol. The molecular weight excluding hydrogens is 401 g/mol. The molecule has 0 spiro atoms. The van der Waals surface area contributed by atoms with Gasteiger partial charge in [-0.1, -0.05) is 29.8 Å². The van der Waals surface area contributed by atoms with Crippen molar-refractivity contribution in [3.05, 3.63) is 93.8 Å². The quantitative estimate of drug-likeness (QED) is 0.523. The maximum atomic E-state index is 13.3. The van der Waals surface area contributed by atoms with Gasteiger partial charge in [-0.3, -0.25) is 4.79 Å². The van der Waals surface area contributed by atoms with Crippen molar-refractivity contribution in [2.45, 2.75) is 25.7 Å². The zero-order chi connectivity index (χ0) is 20.8. The van der Waals surface area contributed by atoms with E-state index in [4.69, 9.17) is 11.6 Å². The van der Waals surface area contributed by atoms with Crippen LogP contribution in [0.4, 0.5) is 13.2 Å². The van der Waals surface area contributed by atoms with Crippen LogP contribution in [0.1, 0.15) is 38.8 Å². The van der Waals surface area contributed by atoms with Gasteiger partial charge in [-0.15, -0.1) is 0 Å². The Bertz CT molecular complexity index is 1070. The number of halogens is 4. The first-order valence-electron chi connectivity index (χ1n) is 9.15. The van der Waals surface area contributed by atoms with Gasteiger partial charge in [-0.05, 0) is 54.4 Å². The Morgan fingerprint density at radius 2 is 1.86 bits per heavy atom. The molecule has 0 radical (unpaired) electrons. The van der Waals surface area contributed by atoms with Crippen molar-refractivity contribution in [3.63, 3.8) is 0 Å². The van der Waals surface area contributed by atoms with Crippen molar-refractivity contribution in [2.24, 2.45) is 0 Å². The van der Waals surface area contributed by atoms with E-state index in [2.05, 4.69) is 0 Å². The molecular formula is C22H18ClF3N2O. The minimum atomic E-state index is -4.51. The van der Waals surface area contributed by atoms with Gasteiger partial charge in [-0.2, -0.15) is 13.2 Å². The van der Waals surface area contributed by atoms with E-state index in [0.29, 0.717) is 18.1 Å². The van der Waals surface area contributed by atoms with Crippen LogP contribution in [0.15, 0.2) is 60.8 Å². The summed E-state index contributed by atoms with van der Waals surface area (Å²) in [5.41, 5.74) is 1.04. The lowest BCUT2D eigenvalue weighted by Crippen LogP contribution is -2.42. The SMILES string of the molecule is Cc1ccc(C(=O)N2CCn3cccc3C2c2cccc(Cl)c2)cc1C(F)(F)F. The lowest BCUT2D eigenvalue weighted by Gasteiger charge is -2.37. The number of hydrogen-bond acceptors (Lipinski definition) is 1. The van der Waals surface area contributed by atoms with Crippen LogP contribution < -0.4 is 0 Å². The van der Waals surface area contributed by atoms with Crippen LogP contribution in [-0.2, 0) is 12.7 Å². The minimum Gasteiger partial charge on any atom is -0.348 e. The van der Waals surface area contributed by atoms with Crippen LogP contribution in [0.25, 0.3) is 0 Å². The maximum Gasteiger partial charge on any atom is 0.416 e. The summed E-state index contributed by atoms with van der Waals surface area (Å²) in [6.45, 7) is 2.34. The van der Waals surface area contributed by atoms with Crippen molar-refractivity contribution in [2.75, 3.05) is 6.54 Å². The van der Waals surface area contributed by atoms with Gasteiger partial charge in [-0.25, -0.2) is 0 Å². The fourth-order valence-corrected chi connectivity index (χ4v) is 4.05. The first kappa shape index (κ1) is 19.6. The van der Waals surface area contributed by atoms with E-state index in [1.165, 1.54) is 19.1 Å². The number of rotatable bonds is 2. The van der Waals surface area contributed by atoms with E-state index < -0.39 is 23.7 Å². The summed E-state index contributed by atoms with van der Waals surface area (Å²) in [5.74, 6) is -0.437. The molecule has 0 fully saturated rings. The minimum absolute atomic E-state index is 0.0231. The van der Waals surface area contributed by atoms with Gasteiger partial charge in [0.15, 0.2) is 0 Å². The summed E-state index contributed by atoms with van der Waals surface area (Å²) in [7, 11) is 0. The van der Waals surface area contributed by atoms with Crippen LogP contribution in [0.2, 0.25) is 5.02 Å². The Hall–Kier alpha value is -2.73. The Morgan fingerprint density at radius 1 is 1.07 bits per heavy atom. The van der Waals surface area contributed by atoms with Crippen LogP contribution >= 0.6 is 11.6 Å². The van der Waals surface area contributed by atoms with E-state index in [-0.39, 0.29) is 11.1 Å². The molecule has 0 bridgehead atoms. The van der Waals surface area contributed by atoms with Crippen LogP contribution in [0, 0.1) is 6.92 Å². The molecule has 1 unspecified atom stereocenters. The Morgan fingerprint density at radius 3 is 2.59 bits per heavy atom. The lowest BCUT2D eigenvalue weighted by atomic mass is 9.98. The highest BCUT2D eigenvalue weighted by atomic mass is 35.5. The molecule has 1 aromatic heterocycles. The molecule has 2 aromatic carbocycles. The maximum absolute atomic E-state index is 13.3. The van der Waals surface area contributed by atoms with Gasteiger partial charge < -0.3 is 9.47 Å². The highest BCUT2D eigenvalue weighted by Gasteiger charge is 2.36. The largest absolute Gasteiger partial charge is 0.416 e. The van der Waals surface area contributed by atoms with E-state index in [0.717, 1.165) is 17.3 Å². The number of aromatic nitrogens is 1. The zero-order valence-electron chi connectivity index (χ0n) is 15.6. The number of fused-ring (bicyclic) bond motifs is 1. The van der Waals surface area contributed by atoms with Gasteiger partial charge in [0.1, 0.15) is 0 Å². The molecule has 1 aliphatic heterocycles. The predicted octanol–water partition coefficient (Wildman–Crippen LogP) is 5.71. The third-order valence-electron chi connectivity index (χ3n) is 5.25. The average Bonchev–Trinajstić information content (AvgIpc) is 3.15. The molecule has 0 saturated heterocycles. The molecule has 150 valence electrons. The normalized spacial score (nSPS) is 16.6. The van der Waals surface area contributed by atoms with Crippen LogP contribution in [0.5, 0.6) is 0 Å². The molecule has 29 heavy (non-hydrogen) atoms. The van der Waals surface area contributed by atoms with Crippen molar-refractivity contribution in [1.29, 1.82) is 0 Å². The third-order valence-corrected chi connectivity index (χ3v) is 5.49. The molecule has 1 amide bonds. The summed E-state index contributed by atoms with van der Waals surface area (Å²) in [5, 5.41) is 0.535. The molecule has 3 nitrogen and oxygen atoms in total. The number of amides is 1. The fraction of sp³-hybridized carbons (Fsp3) is 0.227. The van der Waals surface area contributed by atoms with Gasteiger partial charge in [0.25, 0.3) is 5.91 Å². The van der Waals surface area contributed by atoms with Crippen LogP contribution in [0.3, 0.4) is 0 Å². The number of hydrogen-bond donors (Lipinski definition) is 0. The summed E-state index contributed by atoms with van der Waals surface area (Å²) >= 11 is 6.16. The molecule has 4 rings (SSSR count). The fourth-order valence-electron chi connectivity index (χ4n) is 3.86. The second-order valence-electron chi connectivity index (χ2n) is 7.11. The monoisotopic (exact) mass is 418 g/mol. The zero-order valence-corrected chi connectivity index (χ0v) is 16.3. The average molecular weight is 419 g/mol. The van der Waals surface area contributed by atoms with Gasteiger partial charge in [0.2, 0.25) is 0 Å². The number of benzene rings is 2. The molecule has 0 aliphatic carbocycles. The first-order chi connectivity index (χ1) is 13.8. The number of aryl methyl sites for hydroxylation is 1. The second kappa shape index (κ2) is 7.26.